The SMILES string of the molecule is CC#C/C=C\C=C(/C)S(=O)(=O)Nc1cccc(Sc2ccc([N+](=O)[O-])c(C=O)c2)c1. The van der Waals surface area contributed by atoms with Crippen molar-refractivity contribution in [2.24, 2.45) is 0 Å². The van der Waals surface area contributed by atoms with Crippen LogP contribution in [0.25, 0.3) is 0 Å². The number of rotatable bonds is 8. The molecule has 9 heteroatoms. The second-order valence-electron chi connectivity index (χ2n) is 5.86. The number of nitro groups is 1. The Morgan fingerprint density at radius 3 is 2.60 bits per heavy atom. The third-order valence-electron chi connectivity index (χ3n) is 3.72. The standard InChI is InChI=1S/C21H18N2O5S2/c1-3-4-5-6-8-16(2)30(27,28)22-18-9-7-10-19(14-18)29-20-11-12-21(23(25)26)17(13-20)15-24/h5-15,22H,1-2H3/b6-5-,16-8+. The van der Waals surface area contributed by atoms with Crippen LogP contribution in [-0.2, 0) is 10.0 Å². The van der Waals surface area contributed by atoms with Crippen LogP contribution in [0, 0.1) is 22.0 Å². The average molecular weight is 443 g/mol. The van der Waals surface area contributed by atoms with Crippen LogP contribution in [0.2, 0.25) is 0 Å². The first-order chi connectivity index (χ1) is 14.3. The highest BCUT2D eigenvalue weighted by atomic mass is 32.2. The van der Waals surface area contributed by atoms with Gasteiger partial charge in [0.15, 0.2) is 6.29 Å². The van der Waals surface area contributed by atoms with Gasteiger partial charge in [-0.3, -0.25) is 19.6 Å². The number of aldehydes is 1. The van der Waals surface area contributed by atoms with E-state index in [0.29, 0.717) is 21.8 Å². The number of anilines is 1. The lowest BCUT2D eigenvalue weighted by Crippen LogP contribution is -2.13. The summed E-state index contributed by atoms with van der Waals surface area (Å²) in [5.74, 6) is 5.38. The van der Waals surface area contributed by atoms with Crippen molar-refractivity contribution in [3.8, 4) is 11.8 Å². The van der Waals surface area contributed by atoms with Crippen LogP contribution >= 0.6 is 11.8 Å². The molecule has 2 rings (SSSR count). The van der Waals surface area contributed by atoms with Gasteiger partial charge in [-0.25, -0.2) is 8.42 Å². The van der Waals surface area contributed by atoms with Gasteiger partial charge in [0.25, 0.3) is 15.7 Å². The second kappa shape index (κ2) is 10.4. The Bertz CT molecular complexity index is 1190. The van der Waals surface area contributed by atoms with E-state index in [-0.39, 0.29) is 16.2 Å². The van der Waals surface area contributed by atoms with E-state index in [9.17, 15) is 23.3 Å². The van der Waals surface area contributed by atoms with Gasteiger partial charge in [0.2, 0.25) is 0 Å². The third kappa shape index (κ3) is 6.34. The van der Waals surface area contributed by atoms with Crippen molar-refractivity contribution >= 4 is 39.4 Å². The molecule has 1 N–H and O–H groups in total. The summed E-state index contributed by atoms with van der Waals surface area (Å²) in [5.41, 5.74) is 0.0723. The molecule has 0 aromatic heterocycles. The molecule has 154 valence electrons. The number of sulfonamides is 1. The number of nitrogens with one attached hydrogen (secondary N) is 1. The van der Waals surface area contributed by atoms with Gasteiger partial charge in [0.1, 0.15) is 0 Å². The minimum atomic E-state index is -3.73. The zero-order valence-electron chi connectivity index (χ0n) is 16.2. The van der Waals surface area contributed by atoms with Gasteiger partial charge >= 0.3 is 0 Å². The zero-order chi connectivity index (χ0) is 22.1. The van der Waals surface area contributed by atoms with Crippen LogP contribution in [0.1, 0.15) is 24.2 Å². The summed E-state index contributed by atoms with van der Waals surface area (Å²) in [7, 11) is -3.73. The molecule has 2 aromatic rings. The Hall–Kier alpha value is -3.35. The molecule has 2 aromatic carbocycles. The molecule has 0 amide bonds. The lowest BCUT2D eigenvalue weighted by atomic mass is 10.2. The molecule has 0 unspecified atom stereocenters. The van der Waals surface area contributed by atoms with E-state index in [2.05, 4.69) is 16.6 Å². The highest BCUT2D eigenvalue weighted by Gasteiger charge is 2.15. The van der Waals surface area contributed by atoms with Crippen LogP contribution in [-0.4, -0.2) is 19.6 Å². The van der Waals surface area contributed by atoms with Gasteiger partial charge < -0.3 is 0 Å². The van der Waals surface area contributed by atoms with E-state index < -0.39 is 14.9 Å². The molecule has 0 spiro atoms. The van der Waals surface area contributed by atoms with Crippen LogP contribution in [0.3, 0.4) is 0 Å². The van der Waals surface area contributed by atoms with Crippen LogP contribution in [0.15, 0.2) is 75.4 Å². The van der Waals surface area contributed by atoms with Crippen molar-refractivity contribution in [1.29, 1.82) is 0 Å². The molecule has 0 atom stereocenters. The number of hydrogen-bond donors (Lipinski definition) is 1. The molecule has 0 aliphatic rings. The van der Waals surface area contributed by atoms with Crippen molar-refractivity contribution < 1.29 is 18.1 Å². The quantitative estimate of drug-likeness (QED) is 0.207. The van der Waals surface area contributed by atoms with Gasteiger partial charge in [0, 0.05) is 21.5 Å². The van der Waals surface area contributed by atoms with Gasteiger partial charge in [-0.05, 0) is 56.3 Å². The van der Waals surface area contributed by atoms with Crippen molar-refractivity contribution in [3.63, 3.8) is 0 Å². The van der Waals surface area contributed by atoms with Crippen molar-refractivity contribution in [1.82, 2.24) is 0 Å². The maximum absolute atomic E-state index is 12.5. The normalized spacial score (nSPS) is 11.6. The number of hydrogen-bond acceptors (Lipinski definition) is 6. The fourth-order valence-electron chi connectivity index (χ4n) is 2.26. The van der Waals surface area contributed by atoms with Crippen LogP contribution in [0.4, 0.5) is 11.4 Å². The maximum atomic E-state index is 12.5. The summed E-state index contributed by atoms with van der Waals surface area (Å²) in [4.78, 5) is 22.9. The first-order valence-corrected chi connectivity index (χ1v) is 10.9. The van der Waals surface area contributed by atoms with E-state index in [0.717, 1.165) is 0 Å². The molecule has 0 saturated carbocycles. The topological polar surface area (TPSA) is 106 Å². The second-order valence-corrected chi connectivity index (χ2v) is 8.86. The van der Waals surface area contributed by atoms with Crippen LogP contribution in [0.5, 0.6) is 0 Å². The lowest BCUT2D eigenvalue weighted by Gasteiger charge is -2.10. The number of carbonyl (C=O) groups excluding carboxylic acids is 1. The minimum absolute atomic E-state index is 0.0246. The Balaban J connectivity index is 2.21. The Morgan fingerprint density at radius 1 is 1.20 bits per heavy atom. The van der Waals surface area contributed by atoms with Gasteiger partial charge in [-0.2, -0.15) is 0 Å². The van der Waals surface area contributed by atoms with Gasteiger partial charge in [0.05, 0.1) is 15.4 Å². The monoisotopic (exact) mass is 442 g/mol. The molecule has 0 bridgehead atoms. The fourth-order valence-corrected chi connectivity index (χ4v) is 4.04. The number of allylic oxidation sites excluding steroid dienone is 4. The lowest BCUT2D eigenvalue weighted by molar-refractivity contribution is -0.385. The van der Waals surface area contributed by atoms with E-state index in [1.54, 1.807) is 43.3 Å². The zero-order valence-corrected chi connectivity index (χ0v) is 17.8. The largest absolute Gasteiger partial charge is 0.298 e. The maximum Gasteiger partial charge on any atom is 0.279 e. The van der Waals surface area contributed by atoms with Crippen molar-refractivity contribution in [2.75, 3.05) is 4.72 Å². The third-order valence-corrected chi connectivity index (χ3v) is 6.19. The molecule has 0 saturated heterocycles. The first-order valence-electron chi connectivity index (χ1n) is 8.57. The molecular weight excluding hydrogens is 424 g/mol. The predicted molar refractivity (Wildman–Crippen MR) is 118 cm³/mol. The molecule has 0 heterocycles. The highest BCUT2D eigenvalue weighted by Crippen LogP contribution is 2.32. The number of carbonyl (C=O) groups is 1. The van der Waals surface area contributed by atoms with Gasteiger partial charge in [-0.15, -0.1) is 5.92 Å². The molecule has 0 fully saturated rings. The van der Waals surface area contributed by atoms with E-state index in [1.165, 1.54) is 43.0 Å². The summed E-state index contributed by atoms with van der Waals surface area (Å²) in [6, 6.07) is 10.9. The number of nitro benzene ring substituents is 1. The van der Waals surface area contributed by atoms with E-state index in [4.69, 9.17) is 0 Å². The van der Waals surface area contributed by atoms with Crippen LogP contribution < -0.4 is 4.72 Å². The summed E-state index contributed by atoms with van der Waals surface area (Å²) in [6.07, 6.45) is 4.98. The van der Waals surface area contributed by atoms with Gasteiger partial charge in [-0.1, -0.05) is 29.8 Å². The fraction of sp³-hybridized carbons (Fsp3) is 0.0952. The molecule has 30 heavy (non-hydrogen) atoms. The summed E-state index contributed by atoms with van der Waals surface area (Å²) in [6.45, 7) is 3.16. The summed E-state index contributed by atoms with van der Waals surface area (Å²) in [5, 5.41) is 10.9. The minimum Gasteiger partial charge on any atom is -0.298 e. The van der Waals surface area contributed by atoms with E-state index >= 15 is 0 Å². The molecule has 0 aliphatic carbocycles. The smallest absolute Gasteiger partial charge is 0.279 e. The average Bonchev–Trinajstić information content (AvgIpc) is 2.70. The Kier molecular flexibility index (Phi) is 7.98. The molecule has 0 radical (unpaired) electrons. The molecule has 7 nitrogen and oxygen atoms in total. The first kappa shape index (κ1) is 22.9. The van der Waals surface area contributed by atoms with Crippen molar-refractivity contribution in [3.05, 3.63) is 81.3 Å². The number of nitrogens with zero attached hydrogens (tertiary/aromatic N) is 1. The van der Waals surface area contributed by atoms with Crippen molar-refractivity contribution in [2.45, 2.75) is 23.6 Å². The summed E-state index contributed by atoms with van der Waals surface area (Å²) < 4.78 is 27.4. The Labute approximate surface area is 179 Å². The molecule has 0 aliphatic heterocycles. The Morgan fingerprint density at radius 2 is 1.93 bits per heavy atom. The predicted octanol–water partition coefficient (Wildman–Crippen LogP) is 4.78. The van der Waals surface area contributed by atoms with E-state index in [1.807, 2.05) is 0 Å². The number of benzene rings is 2. The molecular formula is C21H18N2O5S2. The highest BCUT2D eigenvalue weighted by molar-refractivity contribution is 7.99. The summed E-state index contributed by atoms with van der Waals surface area (Å²) >= 11 is 1.25.